The molecule has 0 aromatic rings. The van der Waals surface area contributed by atoms with Crippen molar-refractivity contribution in [2.75, 3.05) is 19.4 Å². The van der Waals surface area contributed by atoms with Crippen LogP contribution in [-0.4, -0.2) is 47.8 Å². The second-order valence-electron chi connectivity index (χ2n) is 3.97. The van der Waals surface area contributed by atoms with Crippen molar-refractivity contribution in [3.8, 4) is 0 Å². The zero-order chi connectivity index (χ0) is 11.3. The van der Waals surface area contributed by atoms with Gasteiger partial charge in [0.2, 0.25) is 5.91 Å². The molecule has 0 saturated heterocycles. The Morgan fingerprint density at radius 3 is 2.73 bits per heavy atom. The number of hydrogen-bond donors (Lipinski definition) is 3. The van der Waals surface area contributed by atoms with Gasteiger partial charge in [-0.25, -0.2) is 0 Å². The molecule has 3 N–H and O–H groups in total. The van der Waals surface area contributed by atoms with Gasteiger partial charge < -0.3 is 15.7 Å². The van der Waals surface area contributed by atoms with Gasteiger partial charge in [-0.2, -0.15) is 11.8 Å². The Labute approximate surface area is 95.2 Å². The molecular formula is C10H20N2O2S. The summed E-state index contributed by atoms with van der Waals surface area (Å²) in [6, 6.07) is 0.568. The Balaban J connectivity index is 2.13. The first-order valence-electron chi connectivity index (χ1n) is 5.33. The van der Waals surface area contributed by atoms with Crippen LogP contribution < -0.4 is 10.6 Å². The molecule has 0 aromatic heterocycles. The topological polar surface area (TPSA) is 61.4 Å². The second-order valence-corrected chi connectivity index (χ2v) is 5.04. The van der Waals surface area contributed by atoms with Crippen LogP contribution in [0.2, 0.25) is 0 Å². The highest BCUT2D eigenvalue weighted by molar-refractivity contribution is 7.99. The van der Waals surface area contributed by atoms with E-state index >= 15 is 0 Å². The van der Waals surface area contributed by atoms with Crippen molar-refractivity contribution in [1.82, 2.24) is 10.6 Å². The summed E-state index contributed by atoms with van der Waals surface area (Å²) in [5, 5.41) is 15.2. The quantitative estimate of drug-likeness (QED) is 0.577. The molecule has 2 atom stereocenters. The lowest BCUT2D eigenvalue weighted by Gasteiger charge is -2.21. The van der Waals surface area contributed by atoms with E-state index in [0.29, 0.717) is 12.6 Å². The maximum Gasteiger partial charge on any atom is 0.234 e. The van der Waals surface area contributed by atoms with Crippen LogP contribution in [0.3, 0.4) is 0 Å². The van der Waals surface area contributed by atoms with E-state index in [1.807, 2.05) is 13.2 Å². The SMILES string of the molecule is CSC(CO)C(C)NCC(=O)NC1CC1. The van der Waals surface area contributed by atoms with Crippen LogP contribution >= 0.6 is 11.8 Å². The first-order valence-corrected chi connectivity index (χ1v) is 6.62. The van der Waals surface area contributed by atoms with Gasteiger partial charge in [-0.1, -0.05) is 0 Å². The van der Waals surface area contributed by atoms with E-state index in [2.05, 4.69) is 10.6 Å². The van der Waals surface area contributed by atoms with E-state index in [9.17, 15) is 4.79 Å². The fraction of sp³-hybridized carbons (Fsp3) is 0.900. The largest absolute Gasteiger partial charge is 0.395 e. The van der Waals surface area contributed by atoms with Gasteiger partial charge in [-0.3, -0.25) is 4.79 Å². The Bertz CT molecular complexity index is 206. The molecule has 1 aliphatic carbocycles. The van der Waals surface area contributed by atoms with Crippen LogP contribution in [0.25, 0.3) is 0 Å². The number of rotatable bonds is 7. The van der Waals surface area contributed by atoms with Crippen molar-refractivity contribution in [1.29, 1.82) is 0 Å². The highest BCUT2D eigenvalue weighted by atomic mass is 32.2. The van der Waals surface area contributed by atoms with E-state index < -0.39 is 0 Å². The number of hydrogen-bond acceptors (Lipinski definition) is 4. The van der Waals surface area contributed by atoms with E-state index in [-0.39, 0.29) is 23.8 Å². The number of nitrogens with one attached hydrogen (secondary N) is 2. The summed E-state index contributed by atoms with van der Waals surface area (Å²) in [6.07, 6.45) is 4.19. The number of amides is 1. The summed E-state index contributed by atoms with van der Waals surface area (Å²) in [7, 11) is 0. The molecule has 1 saturated carbocycles. The van der Waals surface area contributed by atoms with Crippen LogP contribution in [0.4, 0.5) is 0 Å². The molecule has 88 valence electrons. The normalized spacial score (nSPS) is 19.7. The van der Waals surface area contributed by atoms with Crippen LogP contribution in [0.5, 0.6) is 0 Å². The van der Waals surface area contributed by atoms with Crippen molar-refractivity contribution in [2.45, 2.75) is 37.1 Å². The lowest BCUT2D eigenvalue weighted by Crippen LogP contribution is -2.43. The van der Waals surface area contributed by atoms with Crippen LogP contribution in [0.1, 0.15) is 19.8 Å². The average Bonchev–Trinajstić information content (AvgIpc) is 3.00. The Morgan fingerprint density at radius 2 is 2.27 bits per heavy atom. The minimum Gasteiger partial charge on any atom is -0.395 e. The van der Waals surface area contributed by atoms with E-state index in [0.717, 1.165) is 12.8 Å². The zero-order valence-corrected chi connectivity index (χ0v) is 10.1. The third-order valence-electron chi connectivity index (χ3n) is 2.57. The number of thioether (sulfide) groups is 1. The van der Waals surface area contributed by atoms with E-state index in [1.165, 1.54) is 0 Å². The van der Waals surface area contributed by atoms with Gasteiger partial charge in [0.25, 0.3) is 0 Å². The van der Waals surface area contributed by atoms with Crippen molar-refractivity contribution in [2.24, 2.45) is 0 Å². The Morgan fingerprint density at radius 1 is 1.60 bits per heavy atom. The standard InChI is InChI=1S/C10H20N2O2S/c1-7(9(6-13)15-2)11-5-10(14)12-8-3-4-8/h7-9,11,13H,3-6H2,1-2H3,(H,12,14). The maximum atomic E-state index is 11.4. The van der Waals surface area contributed by atoms with Crippen LogP contribution in [0, 0.1) is 0 Å². The third kappa shape index (κ3) is 4.86. The molecule has 0 heterocycles. The molecule has 2 unspecified atom stereocenters. The predicted molar refractivity (Wildman–Crippen MR) is 63.0 cm³/mol. The Hall–Kier alpha value is -0.260. The van der Waals surface area contributed by atoms with Gasteiger partial charge in [0, 0.05) is 17.3 Å². The predicted octanol–water partition coefficient (Wildman–Crippen LogP) is -0.0330. The fourth-order valence-corrected chi connectivity index (χ4v) is 1.98. The first kappa shape index (κ1) is 12.8. The zero-order valence-electron chi connectivity index (χ0n) is 9.32. The van der Waals surface area contributed by atoms with Gasteiger partial charge in [-0.05, 0) is 26.0 Å². The molecule has 15 heavy (non-hydrogen) atoms. The highest BCUT2D eigenvalue weighted by Crippen LogP contribution is 2.18. The minimum atomic E-state index is 0.0575. The molecule has 0 spiro atoms. The molecule has 1 rings (SSSR count). The number of aliphatic hydroxyl groups is 1. The summed E-state index contributed by atoms with van der Waals surface area (Å²) in [6.45, 7) is 2.47. The molecule has 0 bridgehead atoms. The van der Waals surface area contributed by atoms with Gasteiger partial charge >= 0.3 is 0 Å². The third-order valence-corrected chi connectivity index (χ3v) is 3.73. The van der Waals surface area contributed by atoms with Gasteiger partial charge in [-0.15, -0.1) is 0 Å². The molecule has 5 heteroatoms. The lowest BCUT2D eigenvalue weighted by atomic mass is 10.2. The minimum absolute atomic E-state index is 0.0575. The molecule has 0 aliphatic heterocycles. The molecule has 1 amide bonds. The summed E-state index contributed by atoms with van der Waals surface area (Å²) >= 11 is 1.61. The molecule has 0 radical (unpaired) electrons. The van der Waals surface area contributed by atoms with Crippen molar-refractivity contribution in [3.63, 3.8) is 0 Å². The number of aliphatic hydroxyl groups excluding tert-OH is 1. The van der Waals surface area contributed by atoms with E-state index in [1.54, 1.807) is 11.8 Å². The molecule has 1 aliphatic rings. The maximum absolute atomic E-state index is 11.4. The fourth-order valence-electron chi connectivity index (χ4n) is 1.33. The second kappa shape index (κ2) is 6.35. The van der Waals surface area contributed by atoms with E-state index in [4.69, 9.17) is 5.11 Å². The molecular weight excluding hydrogens is 212 g/mol. The lowest BCUT2D eigenvalue weighted by molar-refractivity contribution is -0.120. The highest BCUT2D eigenvalue weighted by Gasteiger charge is 2.23. The number of carbonyl (C=O) groups excluding carboxylic acids is 1. The molecule has 0 aromatic carbocycles. The molecule has 1 fully saturated rings. The van der Waals surface area contributed by atoms with Gasteiger partial charge in [0.05, 0.1) is 13.2 Å². The van der Waals surface area contributed by atoms with Crippen LogP contribution in [0.15, 0.2) is 0 Å². The summed E-state index contributed by atoms with van der Waals surface area (Å²) in [5.74, 6) is 0.0575. The summed E-state index contributed by atoms with van der Waals surface area (Å²) in [4.78, 5) is 11.4. The Kier molecular flexibility index (Phi) is 5.42. The van der Waals surface area contributed by atoms with Crippen LogP contribution in [-0.2, 0) is 4.79 Å². The van der Waals surface area contributed by atoms with Crippen molar-refractivity contribution >= 4 is 17.7 Å². The monoisotopic (exact) mass is 232 g/mol. The smallest absolute Gasteiger partial charge is 0.234 e. The summed E-state index contributed by atoms with van der Waals surface area (Å²) < 4.78 is 0. The molecule has 4 nitrogen and oxygen atoms in total. The summed E-state index contributed by atoms with van der Waals surface area (Å²) in [5.41, 5.74) is 0. The average molecular weight is 232 g/mol. The van der Waals surface area contributed by atoms with Crippen molar-refractivity contribution in [3.05, 3.63) is 0 Å². The van der Waals surface area contributed by atoms with Gasteiger partial charge in [0.1, 0.15) is 0 Å². The first-order chi connectivity index (χ1) is 7.17. The van der Waals surface area contributed by atoms with Crippen molar-refractivity contribution < 1.29 is 9.90 Å². The van der Waals surface area contributed by atoms with Gasteiger partial charge in [0.15, 0.2) is 0 Å². The number of carbonyl (C=O) groups is 1.